The number of morpholine rings is 1. The molecule has 4 nitrogen and oxygen atoms in total. The number of halogens is 3. The zero-order valence-corrected chi connectivity index (χ0v) is 16.4. The van der Waals surface area contributed by atoms with Crippen LogP contribution in [0.15, 0.2) is 24.3 Å². The third-order valence-corrected chi connectivity index (χ3v) is 4.62. The first-order valence-corrected chi connectivity index (χ1v) is 9.02. The predicted octanol–water partition coefficient (Wildman–Crippen LogP) is 3.74. The molecule has 0 aromatic heterocycles. The summed E-state index contributed by atoms with van der Waals surface area (Å²) in [6, 6.07) is 7.50. The smallest absolute Gasteiger partial charge is 0.252 e. The average molecular weight is 394 g/mol. The summed E-state index contributed by atoms with van der Waals surface area (Å²) in [6.45, 7) is 8.67. The summed E-state index contributed by atoms with van der Waals surface area (Å²) >= 11 is 18.2. The second-order valence-corrected chi connectivity index (χ2v) is 9.26. The average Bonchev–Trinajstić information content (AvgIpc) is 2.51. The fraction of sp³-hybridized carbons (Fsp3) is 0.588. The number of nitrogens with one attached hydrogen (secondary N) is 1. The summed E-state index contributed by atoms with van der Waals surface area (Å²) in [4.78, 5) is 14.5. The Labute approximate surface area is 158 Å². The maximum Gasteiger partial charge on any atom is 0.252 e. The summed E-state index contributed by atoms with van der Waals surface area (Å²) in [5.41, 5.74) is 1.73. The monoisotopic (exact) mass is 392 g/mol. The molecule has 1 aromatic rings. The van der Waals surface area contributed by atoms with E-state index in [-0.39, 0.29) is 11.3 Å². The molecule has 24 heavy (non-hydrogen) atoms. The van der Waals surface area contributed by atoms with E-state index in [1.54, 1.807) is 12.1 Å². The molecule has 0 saturated carbocycles. The molecule has 1 aromatic carbocycles. The number of hydrogen-bond acceptors (Lipinski definition) is 3. The van der Waals surface area contributed by atoms with Crippen molar-refractivity contribution in [3.8, 4) is 0 Å². The van der Waals surface area contributed by atoms with E-state index in [0.29, 0.717) is 31.9 Å². The standard InChI is InChI=1S/C17H23Cl3N2O2/c1-16(2,3)13-6-4-12(5-7-13)14(23)21-15(17(18,19)20)22-8-10-24-11-9-22/h4-7,15H,8-11H2,1-3H3,(H,21,23)/t15-/m0/s1. The van der Waals surface area contributed by atoms with E-state index in [0.717, 1.165) is 5.56 Å². The Kier molecular flexibility index (Phi) is 6.43. The van der Waals surface area contributed by atoms with Crippen LogP contribution in [0.4, 0.5) is 0 Å². The molecule has 1 saturated heterocycles. The van der Waals surface area contributed by atoms with Crippen LogP contribution in [-0.4, -0.2) is 47.1 Å². The molecule has 1 N–H and O–H groups in total. The first kappa shape index (κ1) is 19.8. The summed E-state index contributed by atoms with van der Waals surface area (Å²) < 4.78 is 3.69. The van der Waals surface area contributed by atoms with E-state index < -0.39 is 9.96 Å². The maximum absolute atomic E-state index is 12.6. The van der Waals surface area contributed by atoms with Gasteiger partial charge in [0, 0.05) is 18.7 Å². The Bertz CT molecular complexity index is 559. The van der Waals surface area contributed by atoms with Gasteiger partial charge < -0.3 is 10.1 Å². The van der Waals surface area contributed by atoms with E-state index in [1.807, 2.05) is 17.0 Å². The first-order valence-electron chi connectivity index (χ1n) is 7.89. The Morgan fingerprint density at radius 3 is 2.12 bits per heavy atom. The molecule has 2 rings (SSSR count). The number of rotatable bonds is 3. The highest BCUT2D eigenvalue weighted by atomic mass is 35.6. The van der Waals surface area contributed by atoms with Crippen LogP contribution in [0.2, 0.25) is 0 Å². The van der Waals surface area contributed by atoms with Gasteiger partial charge in [0.15, 0.2) is 0 Å². The summed E-state index contributed by atoms with van der Waals surface area (Å²) in [5.74, 6) is -0.265. The van der Waals surface area contributed by atoms with E-state index in [2.05, 4.69) is 26.1 Å². The van der Waals surface area contributed by atoms with Crippen LogP contribution in [0, 0.1) is 0 Å². The van der Waals surface area contributed by atoms with Gasteiger partial charge in [-0.05, 0) is 23.1 Å². The van der Waals surface area contributed by atoms with Gasteiger partial charge in [-0.2, -0.15) is 0 Å². The van der Waals surface area contributed by atoms with Crippen molar-refractivity contribution in [2.45, 2.75) is 36.1 Å². The third-order valence-electron chi connectivity index (χ3n) is 4.00. The zero-order chi connectivity index (χ0) is 18.0. The van der Waals surface area contributed by atoms with Crippen LogP contribution in [0.1, 0.15) is 36.7 Å². The lowest BCUT2D eigenvalue weighted by Gasteiger charge is -2.38. The van der Waals surface area contributed by atoms with Crippen molar-refractivity contribution in [3.05, 3.63) is 35.4 Å². The molecule has 1 amide bonds. The minimum Gasteiger partial charge on any atom is -0.379 e. The van der Waals surface area contributed by atoms with Crippen molar-refractivity contribution in [1.82, 2.24) is 10.2 Å². The Hall–Kier alpha value is -0.520. The van der Waals surface area contributed by atoms with Crippen LogP contribution in [0.25, 0.3) is 0 Å². The number of benzene rings is 1. The molecule has 7 heteroatoms. The second-order valence-electron chi connectivity index (χ2n) is 6.89. The fourth-order valence-corrected chi connectivity index (χ4v) is 3.12. The summed E-state index contributed by atoms with van der Waals surface area (Å²) in [7, 11) is 0. The molecular weight excluding hydrogens is 371 g/mol. The highest BCUT2D eigenvalue weighted by Gasteiger charge is 2.39. The number of amides is 1. The molecule has 0 spiro atoms. The van der Waals surface area contributed by atoms with Gasteiger partial charge in [-0.25, -0.2) is 0 Å². The van der Waals surface area contributed by atoms with Gasteiger partial charge in [-0.15, -0.1) is 0 Å². The molecule has 1 aliphatic rings. The van der Waals surface area contributed by atoms with E-state index in [1.165, 1.54) is 0 Å². The lowest BCUT2D eigenvalue weighted by atomic mass is 9.87. The third kappa shape index (κ3) is 5.24. The quantitative estimate of drug-likeness (QED) is 0.795. The van der Waals surface area contributed by atoms with Crippen LogP contribution in [0.3, 0.4) is 0 Å². The van der Waals surface area contributed by atoms with Crippen molar-refractivity contribution >= 4 is 40.7 Å². The minimum atomic E-state index is -1.63. The topological polar surface area (TPSA) is 41.6 Å². The molecule has 134 valence electrons. The highest BCUT2D eigenvalue weighted by Crippen LogP contribution is 2.32. The predicted molar refractivity (Wildman–Crippen MR) is 99.1 cm³/mol. The number of carbonyl (C=O) groups excluding carboxylic acids is 1. The number of alkyl halides is 3. The van der Waals surface area contributed by atoms with Crippen LogP contribution < -0.4 is 5.32 Å². The SMILES string of the molecule is CC(C)(C)c1ccc(C(=O)N[C@@H](N2CCOCC2)C(Cl)(Cl)Cl)cc1. The number of carbonyl (C=O) groups is 1. The lowest BCUT2D eigenvalue weighted by molar-refractivity contribution is 0.00996. The number of hydrogen-bond donors (Lipinski definition) is 1. The molecule has 1 fully saturated rings. The zero-order valence-electron chi connectivity index (χ0n) is 14.1. The summed E-state index contributed by atoms with van der Waals surface area (Å²) in [6.07, 6.45) is -0.707. The highest BCUT2D eigenvalue weighted by molar-refractivity contribution is 6.68. The van der Waals surface area contributed by atoms with Gasteiger partial charge >= 0.3 is 0 Å². The first-order chi connectivity index (χ1) is 11.1. The van der Waals surface area contributed by atoms with E-state index >= 15 is 0 Å². The van der Waals surface area contributed by atoms with Crippen molar-refractivity contribution in [1.29, 1.82) is 0 Å². The van der Waals surface area contributed by atoms with Gasteiger partial charge in [0.05, 0.1) is 13.2 Å². The van der Waals surface area contributed by atoms with Crippen molar-refractivity contribution in [2.75, 3.05) is 26.3 Å². The molecule has 0 radical (unpaired) electrons. The van der Waals surface area contributed by atoms with Gasteiger partial charge in [0.1, 0.15) is 6.17 Å². The van der Waals surface area contributed by atoms with Crippen LogP contribution in [0.5, 0.6) is 0 Å². The van der Waals surface area contributed by atoms with Gasteiger partial charge in [0.25, 0.3) is 5.91 Å². The number of nitrogens with zero attached hydrogens (tertiary/aromatic N) is 1. The Morgan fingerprint density at radius 1 is 1.12 bits per heavy atom. The van der Waals surface area contributed by atoms with Gasteiger partial charge in [-0.3, -0.25) is 9.69 Å². The van der Waals surface area contributed by atoms with Crippen molar-refractivity contribution < 1.29 is 9.53 Å². The molecule has 1 heterocycles. The Morgan fingerprint density at radius 2 is 1.67 bits per heavy atom. The molecule has 0 aliphatic carbocycles. The van der Waals surface area contributed by atoms with Crippen LogP contribution in [-0.2, 0) is 10.2 Å². The molecule has 0 unspecified atom stereocenters. The van der Waals surface area contributed by atoms with Crippen molar-refractivity contribution in [3.63, 3.8) is 0 Å². The van der Waals surface area contributed by atoms with Crippen molar-refractivity contribution in [2.24, 2.45) is 0 Å². The maximum atomic E-state index is 12.6. The van der Waals surface area contributed by atoms with E-state index in [9.17, 15) is 4.79 Å². The number of ether oxygens (including phenoxy) is 1. The normalized spacial score (nSPS) is 18.2. The molecular formula is C17H23Cl3N2O2. The van der Waals surface area contributed by atoms with E-state index in [4.69, 9.17) is 39.5 Å². The molecule has 1 aliphatic heterocycles. The molecule has 1 atom stereocenters. The summed E-state index contributed by atoms with van der Waals surface area (Å²) in [5, 5.41) is 2.84. The fourth-order valence-electron chi connectivity index (χ4n) is 2.54. The van der Waals surface area contributed by atoms with Gasteiger partial charge in [-0.1, -0.05) is 67.7 Å². The molecule has 0 bridgehead atoms. The Balaban J connectivity index is 2.12. The van der Waals surface area contributed by atoms with Gasteiger partial charge in [0.2, 0.25) is 3.79 Å². The van der Waals surface area contributed by atoms with Crippen LogP contribution >= 0.6 is 34.8 Å². The minimum absolute atomic E-state index is 0.0307. The second kappa shape index (κ2) is 7.79. The largest absolute Gasteiger partial charge is 0.379 e. The lowest BCUT2D eigenvalue weighted by Crippen LogP contribution is -2.58.